The summed E-state index contributed by atoms with van der Waals surface area (Å²) in [4.78, 5) is 2.99. The summed E-state index contributed by atoms with van der Waals surface area (Å²) in [7, 11) is -0.0712. The van der Waals surface area contributed by atoms with E-state index in [2.05, 4.69) is 127 Å². The van der Waals surface area contributed by atoms with Gasteiger partial charge in [0.15, 0.2) is 14.5 Å². The maximum Gasteiger partial charge on any atom is 0.184 e. The smallest absolute Gasteiger partial charge is 0.0834 e. The third-order valence-corrected chi connectivity index (χ3v) is 11.1. The number of hydrogen-bond acceptors (Lipinski definition) is 0. The van der Waals surface area contributed by atoms with E-state index in [9.17, 15) is 0 Å². The summed E-state index contributed by atoms with van der Waals surface area (Å²) < 4.78 is -0.0138. The van der Waals surface area contributed by atoms with E-state index < -0.39 is 0 Å². The van der Waals surface area contributed by atoms with Gasteiger partial charge in [-0.2, -0.15) is 0 Å². The second-order valence-corrected chi connectivity index (χ2v) is 11.4. The Morgan fingerprint density at radius 3 is 1.84 bits per heavy atom. The van der Waals surface area contributed by atoms with Gasteiger partial charge >= 0.3 is 0 Å². The molecule has 1 saturated carbocycles. The number of fused-ring (bicyclic) bond motifs is 7. The first-order chi connectivity index (χ1) is 15.9. The van der Waals surface area contributed by atoms with E-state index in [1.165, 1.54) is 27.3 Å². The molecule has 1 fully saturated rings. The summed E-state index contributed by atoms with van der Waals surface area (Å²) in [5.74, 6) is 1.03. The van der Waals surface area contributed by atoms with Gasteiger partial charge in [-0.05, 0) is 36.1 Å². The highest BCUT2D eigenvalue weighted by Crippen LogP contribution is 2.76. The van der Waals surface area contributed by atoms with Crippen LogP contribution in [0.15, 0.2) is 137 Å². The molecule has 4 aromatic rings. The molecule has 4 aromatic carbocycles. The summed E-state index contributed by atoms with van der Waals surface area (Å²) in [5.41, 5.74) is 4.45. The molecule has 5 atom stereocenters. The molecular weight excluding hydrogens is 404 g/mol. The van der Waals surface area contributed by atoms with E-state index in [1.807, 2.05) is 0 Å². The zero-order valence-electron chi connectivity index (χ0n) is 17.9. The first-order valence-electron chi connectivity index (χ1n) is 11.6. The normalized spacial score (nSPS) is 31.4. The van der Waals surface area contributed by atoms with Gasteiger partial charge in [-0.3, -0.25) is 0 Å². The molecule has 7 rings (SSSR count). The quantitative estimate of drug-likeness (QED) is 0.240. The molecular formula is C31H25S+. The van der Waals surface area contributed by atoms with Gasteiger partial charge in [0.2, 0.25) is 0 Å². The van der Waals surface area contributed by atoms with Crippen molar-refractivity contribution in [2.45, 2.75) is 26.4 Å². The third kappa shape index (κ3) is 2.06. The van der Waals surface area contributed by atoms with Crippen molar-refractivity contribution in [1.82, 2.24) is 0 Å². The lowest BCUT2D eigenvalue weighted by Gasteiger charge is -2.45. The minimum atomic E-state index is -0.0712. The monoisotopic (exact) mass is 429 g/mol. The Balaban J connectivity index is 1.68. The van der Waals surface area contributed by atoms with Crippen molar-refractivity contribution in [1.29, 1.82) is 0 Å². The molecule has 0 saturated heterocycles. The maximum absolute atomic E-state index is 2.55. The standard InChI is InChI=1S/C31H25S/c1-4-12-23(13-5-1)30-25-20-21-26(22-25)31(30,24-14-6-2-7-15-24)32(27-16-8-3-9-17-27)29-19-11-10-18-28(29)30/h1-21,25-26H,22H2/q+1/t25-,26+,30+,31+,32?/m0/s1. The van der Waals surface area contributed by atoms with Crippen LogP contribution in [0.5, 0.6) is 0 Å². The number of hydrogen-bond donors (Lipinski definition) is 0. The molecule has 0 N–H and O–H groups in total. The van der Waals surface area contributed by atoms with Crippen molar-refractivity contribution in [3.8, 4) is 0 Å². The van der Waals surface area contributed by atoms with Crippen LogP contribution in [-0.2, 0) is 21.1 Å². The average Bonchev–Trinajstić information content (AvgIpc) is 3.54. The molecule has 0 nitrogen and oxygen atoms in total. The predicted molar refractivity (Wildman–Crippen MR) is 133 cm³/mol. The SMILES string of the molecule is C1=C[C@H]2C[C@@H]1[C@@]1(c3ccccc3)[S+](c3ccccc3)c3ccccc3[C@@]21c1ccccc1. The summed E-state index contributed by atoms with van der Waals surface area (Å²) in [6.07, 6.45) is 6.32. The van der Waals surface area contributed by atoms with Crippen molar-refractivity contribution in [3.05, 3.63) is 144 Å². The van der Waals surface area contributed by atoms with E-state index in [1.54, 1.807) is 5.56 Å². The maximum atomic E-state index is 2.55. The van der Waals surface area contributed by atoms with Gasteiger partial charge in [0.25, 0.3) is 0 Å². The second-order valence-electron chi connectivity index (χ2n) is 9.22. The molecule has 3 aliphatic rings. The van der Waals surface area contributed by atoms with E-state index in [0.29, 0.717) is 11.8 Å². The van der Waals surface area contributed by atoms with Crippen LogP contribution in [0.25, 0.3) is 0 Å². The zero-order chi connectivity index (χ0) is 21.2. The number of benzene rings is 4. The first-order valence-corrected chi connectivity index (χ1v) is 12.8. The highest BCUT2D eigenvalue weighted by molar-refractivity contribution is 7.98. The van der Waals surface area contributed by atoms with Crippen molar-refractivity contribution >= 4 is 10.9 Å². The van der Waals surface area contributed by atoms with Gasteiger partial charge in [-0.25, -0.2) is 0 Å². The molecule has 0 spiro atoms. The van der Waals surface area contributed by atoms with Crippen LogP contribution < -0.4 is 0 Å². The molecule has 0 radical (unpaired) electrons. The van der Waals surface area contributed by atoms with Crippen molar-refractivity contribution in [2.75, 3.05) is 0 Å². The topological polar surface area (TPSA) is 0 Å². The molecule has 1 unspecified atom stereocenters. The molecule has 1 heteroatoms. The molecule has 0 amide bonds. The fourth-order valence-electron chi connectivity index (χ4n) is 7.15. The van der Waals surface area contributed by atoms with Gasteiger partial charge in [0, 0.05) is 17.0 Å². The van der Waals surface area contributed by atoms with Crippen LogP contribution in [0.3, 0.4) is 0 Å². The lowest BCUT2D eigenvalue weighted by Crippen LogP contribution is -2.53. The largest absolute Gasteiger partial charge is 0.184 e. The summed E-state index contributed by atoms with van der Waals surface area (Å²) in [5, 5.41) is 0. The molecule has 1 aliphatic heterocycles. The molecule has 0 aromatic heterocycles. The molecule has 2 bridgehead atoms. The van der Waals surface area contributed by atoms with E-state index >= 15 is 0 Å². The van der Waals surface area contributed by atoms with Gasteiger partial charge in [0.05, 0.1) is 16.3 Å². The van der Waals surface area contributed by atoms with Crippen molar-refractivity contribution in [3.63, 3.8) is 0 Å². The molecule has 2 aliphatic carbocycles. The first kappa shape index (κ1) is 18.5. The Kier molecular flexibility index (Phi) is 3.90. The minimum absolute atomic E-state index is 0.0138. The average molecular weight is 430 g/mol. The van der Waals surface area contributed by atoms with Crippen LogP contribution in [0.1, 0.15) is 23.1 Å². The van der Waals surface area contributed by atoms with Crippen LogP contribution in [0.4, 0.5) is 0 Å². The Morgan fingerprint density at radius 1 is 0.562 bits per heavy atom. The van der Waals surface area contributed by atoms with Crippen molar-refractivity contribution in [2.24, 2.45) is 11.8 Å². The Bertz CT molecular complexity index is 1310. The third-order valence-electron chi connectivity index (χ3n) is 8.01. The Morgan fingerprint density at radius 2 is 1.12 bits per heavy atom. The highest BCUT2D eigenvalue weighted by atomic mass is 32.2. The molecule has 154 valence electrons. The van der Waals surface area contributed by atoms with Gasteiger partial charge in [0.1, 0.15) is 0 Å². The second kappa shape index (κ2) is 6.73. The lowest BCUT2D eigenvalue weighted by molar-refractivity contribution is 0.347. The van der Waals surface area contributed by atoms with E-state index in [0.717, 1.165) is 0 Å². The summed E-state index contributed by atoms with van der Waals surface area (Å²) >= 11 is 0. The molecule has 1 heterocycles. The van der Waals surface area contributed by atoms with Crippen LogP contribution >= 0.6 is 0 Å². The Labute approximate surface area is 193 Å². The fraction of sp³-hybridized carbons (Fsp3) is 0.161. The Hall–Kier alpha value is -3.03. The zero-order valence-corrected chi connectivity index (χ0v) is 18.7. The number of allylic oxidation sites excluding steroid dienone is 2. The summed E-state index contributed by atoms with van der Waals surface area (Å²) in [6, 6.07) is 43.5. The van der Waals surface area contributed by atoms with Crippen LogP contribution in [0.2, 0.25) is 0 Å². The number of rotatable bonds is 3. The summed E-state index contributed by atoms with van der Waals surface area (Å²) in [6.45, 7) is 0. The van der Waals surface area contributed by atoms with E-state index in [4.69, 9.17) is 0 Å². The van der Waals surface area contributed by atoms with Crippen molar-refractivity contribution < 1.29 is 0 Å². The van der Waals surface area contributed by atoms with Gasteiger partial charge in [-0.15, -0.1) is 0 Å². The van der Waals surface area contributed by atoms with Gasteiger partial charge < -0.3 is 0 Å². The van der Waals surface area contributed by atoms with Gasteiger partial charge in [-0.1, -0.05) is 109 Å². The fourth-order valence-corrected chi connectivity index (χ4v) is 10.8. The molecule has 32 heavy (non-hydrogen) atoms. The van der Waals surface area contributed by atoms with Crippen LogP contribution in [0, 0.1) is 11.8 Å². The van der Waals surface area contributed by atoms with E-state index in [-0.39, 0.29) is 21.1 Å². The minimum Gasteiger partial charge on any atom is -0.0834 e. The highest BCUT2D eigenvalue weighted by Gasteiger charge is 2.81. The lowest BCUT2D eigenvalue weighted by atomic mass is 9.58. The predicted octanol–water partition coefficient (Wildman–Crippen LogP) is 7.12. The van der Waals surface area contributed by atoms with Crippen LogP contribution in [-0.4, -0.2) is 0 Å².